The Kier molecular flexibility index (Phi) is 2.73. The van der Waals surface area contributed by atoms with E-state index in [1.165, 1.54) is 18.4 Å². The molecule has 3 aliphatic carbocycles. The van der Waals surface area contributed by atoms with Crippen LogP contribution in [-0.4, -0.2) is 0 Å². The van der Waals surface area contributed by atoms with Gasteiger partial charge < -0.3 is 0 Å². The second kappa shape index (κ2) is 4.48. The number of allylic oxidation sites excluding steroid dienone is 6. The first kappa shape index (κ1) is 12.2. The van der Waals surface area contributed by atoms with Crippen LogP contribution in [0.15, 0.2) is 59.2 Å². The highest BCUT2D eigenvalue weighted by atomic mass is 14.4. The molecule has 3 unspecified atom stereocenters. The molecule has 1 fully saturated rings. The van der Waals surface area contributed by atoms with Gasteiger partial charge >= 0.3 is 0 Å². The summed E-state index contributed by atoms with van der Waals surface area (Å²) in [6.07, 6.45) is 11.1. The summed E-state index contributed by atoms with van der Waals surface area (Å²) in [6.45, 7) is 4.64. The number of fused-ring (bicyclic) bond motifs is 5. The monoisotopic (exact) mass is 262 g/mol. The standard InChI is InChI=1S/C20H22/c1-13-7-9-16-14(2)15-5-3-4-6-17(15)19-11-12-20(19)18(16)10-8-13/h3-6,8-10,14,19-20H,7,11-12H2,1-2H3. The highest BCUT2D eigenvalue weighted by Crippen LogP contribution is 2.55. The molecule has 3 atom stereocenters. The lowest BCUT2D eigenvalue weighted by Crippen LogP contribution is -2.25. The molecule has 1 aromatic rings. The minimum atomic E-state index is 0.544. The third kappa shape index (κ3) is 1.67. The van der Waals surface area contributed by atoms with Gasteiger partial charge in [0.1, 0.15) is 0 Å². The first-order chi connectivity index (χ1) is 9.75. The number of hydrogen-bond acceptors (Lipinski definition) is 0. The number of benzene rings is 1. The van der Waals surface area contributed by atoms with Crippen LogP contribution >= 0.6 is 0 Å². The molecule has 0 amide bonds. The summed E-state index contributed by atoms with van der Waals surface area (Å²) in [6, 6.07) is 9.15. The molecule has 0 bridgehead atoms. The van der Waals surface area contributed by atoms with E-state index in [4.69, 9.17) is 0 Å². The van der Waals surface area contributed by atoms with Gasteiger partial charge in [0, 0.05) is 5.92 Å². The molecule has 0 aliphatic heterocycles. The van der Waals surface area contributed by atoms with E-state index in [2.05, 4.69) is 56.3 Å². The SMILES string of the molecule is CC1=CC=C2C(=CC1)C(C)c1ccccc1C1CCC21. The average molecular weight is 262 g/mol. The normalized spacial score (nSPS) is 31.3. The third-order valence-corrected chi connectivity index (χ3v) is 5.53. The Bertz CT molecular complexity index is 642. The third-order valence-electron chi connectivity index (χ3n) is 5.53. The molecule has 102 valence electrons. The van der Waals surface area contributed by atoms with E-state index in [1.54, 1.807) is 22.3 Å². The fourth-order valence-corrected chi connectivity index (χ4v) is 4.20. The average Bonchev–Trinajstić information content (AvgIpc) is 2.63. The molecule has 0 N–H and O–H groups in total. The number of rotatable bonds is 0. The summed E-state index contributed by atoms with van der Waals surface area (Å²) in [5, 5.41) is 0. The summed E-state index contributed by atoms with van der Waals surface area (Å²) in [4.78, 5) is 0. The molecule has 0 heteroatoms. The zero-order chi connectivity index (χ0) is 13.7. The van der Waals surface area contributed by atoms with E-state index in [0.29, 0.717) is 5.92 Å². The summed E-state index contributed by atoms with van der Waals surface area (Å²) in [7, 11) is 0. The van der Waals surface area contributed by atoms with E-state index >= 15 is 0 Å². The maximum Gasteiger partial charge on any atom is 0.00636 e. The first-order valence-corrected chi connectivity index (χ1v) is 7.92. The van der Waals surface area contributed by atoms with Crippen molar-refractivity contribution < 1.29 is 0 Å². The maximum absolute atomic E-state index is 2.49. The van der Waals surface area contributed by atoms with Crippen LogP contribution in [-0.2, 0) is 0 Å². The molecule has 1 saturated carbocycles. The maximum atomic E-state index is 2.49. The molecular weight excluding hydrogens is 240 g/mol. The molecular formula is C20H22. The molecule has 0 saturated heterocycles. The first-order valence-electron chi connectivity index (χ1n) is 7.92. The van der Waals surface area contributed by atoms with Crippen molar-refractivity contribution in [2.24, 2.45) is 5.92 Å². The van der Waals surface area contributed by atoms with Gasteiger partial charge in [-0.3, -0.25) is 0 Å². The lowest BCUT2D eigenvalue weighted by Gasteiger charge is -2.38. The van der Waals surface area contributed by atoms with Crippen LogP contribution in [0.3, 0.4) is 0 Å². The van der Waals surface area contributed by atoms with Crippen LogP contribution < -0.4 is 0 Å². The van der Waals surface area contributed by atoms with Crippen molar-refractivity contribution in [3.8, 4) is 0 Å². The molecule has 0 heterocycles. The van der Waals surface area contributed by atoms with Gasteiger partial charge in [0.2, 0.25) is 0 Å². The van der Waals surface area contributed by atoms with Gasteiger partial charge in [-0.15, -0.1) is 0 Å². The smallest absolute Gasteiger partial charge is 0.00636 e. The van der Waals surface area contributed by atoms with Crippen LogP contribution in [0.4, 0.5) is 0 Å². The highest BCUT2D eigenvalue weighted by Gasteiger charge is 2.41. The summed E-state index contributed by atoms with van der Waals surface area (Å²) < 4.78 is 0. The van der Waals surface area contributed by atoms with E-state index in [1.807, 2.05) is 0 Å². The lowest BCUT2D eigenvalue weighted by atomic mass is 9.66. The lowest BCUT2D eigenvalue weighted by molar-refractivity contribution is 0.305. The van der Waals surface area contributed by atoms with Crippen LogP contribution in [0.2, 0.25) is 0 Å². The largest absolute Gasteiger partial charge is 0.0764 e. The van der Waals surface area contributed by atoms with Gasteiger partial charge in [-0.1, -0.05) is 55.0 Å². The van der Waals surface area contributed by atoms with Gasteiger partial charge in [-0.2, -0.15) is 0 Å². The van der Waals surface area contributed by atoms with Crippen molar-refractivity contribution in [2.45, 2.75) is 44.9 Å². The van der Waals surface area contributed by atoms with Gasteiger partial charge in [0.25, 0.3) is 0 Å². The highest BCUT2D eigenvalue weighted by molar-refractivity contribution is 5.53. The van der Waals surface area contributed by atoms with Crippen LogP contribution in [0.5, 0.6) is 0 Å². The van der Waals surface area contributed by atoms with Crippen molar-refractivity contribution in [3.63, 3.8) is 0 Å². The minimum absolute atomic E-state index is 0.544. The van der Waals surface area contributed by atoms with E-state index in [9.17, 15) is 0 Å². The summed E-state index contributed by atoms with van der Waals surface area (Å²) in [5.74, 6) is 2.06. The molecule has 4 rings (SSSR count). The Morgan fingerprint density at radius 3 is 2.40 bits per heavy atom. The topological polar surface area (TPSA) is 0 Å². The van der Waals surface area contributed by atoms with E-state index in [-0.39, 0.29) is 0 Å². The van der Waals surface area contributed by atoms with Crippen molar-refractivity contribution >= 4 is 0 Å². The van der Waals surface area contributed by atoms with Gasteiger partial charge in [0.05, 0.1) is 0 Å². The minimum Gasteiger partial charge on any atom is -0.0764 e. The Hall–Kier alpha value is -1.56. The molecule has 0 nitrogen and oxygen atoms in total. The Labute approximate surface area is 121 Å². The second-order valence-corrected chi connectivity index (χ2v) is 6.64. The summed E-state index contributed by atoms with van der Waals surface area (Å²) in [5.41, 5.74) is 7.89. The van der Waals surface area contributed by atoms with Crippen LogP contribution in [0.25, 0.3) is 0 Å². The van der Waals surface area contributed by atoms with Crippen molar-refractivity contribution in [1.82, 2.24) is 0 Å². The number of hydrogen-bond donors (Lipinski definition) is 0. The summed E-state index contributed by atoms with van der Waals surface area (Å²) >= 11 is 0. The zero-order valence-electron chi connectivity index (χ0n) is 12.4. The van der Waals surface area contributed by atoms with Gasteiger partial charge in [0.15, 0.2) is 0 Å². The Balaban J connectivity index is 1.91. The fourth-order valence-electron chi connectivity index (χ4n) is 4.20. The fraction of sp³-hybridized carbons (Fsp3) is 0.400. The van der Waals surface area contributed by atoms with E-state index < -0.39 is 0 Å². The predicted octanol–water partition coefficient (Wildman–Crippen LogP) is 5.50. The van der Waals surface area contributed by atoms with Crippen LogP contribution in [0.1, 0.15) is 56.1 Å². The van der Waals surface area contributed by atoms with Crippen molar-refractivity contribution in [2.75, 3.05) is 0 Å². The van der Waals surface area contributed by atoms with Crippen molar-refractivity contribution in [1.29, 1.82) is 0 Å². The molecule has 3 aliphatic rings. The van der Waals surface area contributed by atoms with Gasteiger partial charge in [-0.25, -0.2) is 0 Å². The molecule has 0 aromatic heterocycles. The second-order valence-electron chi connectivity index (χ2n) is 6.64. The molecule has 20 heavy (non-hydrogen) atoms. The molecule has 0 spiro atoms. The van der Waals surface area contributed by atoms with Crippen LogP contribution in [0, 0.1) is 5.92 Å². The quantitative estimate of drug-likeness (QED) is 0.579. The zero-order valence-corrected chi connectivity index (χ0v) is 12.4. The van der Waals surface area contributed by atoms with Gasteiger partial charge in [-0.05, 0) is 60.3 Å². The molecule has 0 radical (unpaired) electrons. The Morgan fingerprint density at radius 2 is 1.65 bits per heavy atom. The van der Waals surface area contributed by atoms with E-state index in [0.717, 1.165) is 18.3 Å². The Morgan fingerprint density at radius 1 is 0.900 bits per heavy atom. The van der Waals surface area contributed by atoms with Crippen molar-refractivity contribution in [3.05, 3.63) is 70.3 Å². The molecule has 1 aromatic carbocycles. The predicted molar refractivity (Wildman–Crippen MR) is 84.9 cm³/mol.